The molecule has 1 fully saturated rings. The van der Waals surface area contributed by atoms with Crippen LogP contribution in [0.3, 0.4) is 0 Å². The number of hydrogen-bond acceptors (Lipinski definition) is 6. The van der Waals surface area contributed by atoms with Crippen LogP contribution >= 0.6 is 0 Å². The Bertz CT molecular complexity index is 901. The first-order chi connectivity index (χ1) is 16.6. The first-order valence-corrected chi connectivity index (χ1v) is 11.8. The van der Waals surface area contributed by atoms with Crippen molar-refractivity contribution < 1.29 is 29.1 Å². The van der Waals surface area contributed by atoms with E-state index in [4.69, 9.17) is 5.73 Å². The lowest BCUT2D eigenvalue weighted by molar-refractivity contribution is -0.142. The van der Waals surface area contributed by atoms with Gasteiger partial charge in [0.25, 0.3) is 0 Å². The summed E-state index contributed by atoms with van der Waals surface area (Å²) in [5.41, 5.74) is 5.93. The summed E-state index contributed by atoms with van der Waals surface area (Å²) in [4.78, 5) is 61.7. The lowest BCUT2D eigenvalue weighted by Gasteiger charge is -2.27. The van der Waals surface area contributed by atoms with Crippen molar-refractivity contribution in [3.63, 3.8) is 0 Å². The molecule has 0 saturated carbocycles. The van der Waals surface area contributed by atoms with Crippen LogP contribution in [-0.2, 0) is 30.4 Å². The van der Waals surface area contributed by atoms with Crippen LogP contribution in [0.2, 0.25) is 0 Å². The minimum Gasteiger partial charge on any atom is -0.480 e. The van der Waals surface area contributed by atoms with Crippen molar-refractivity contribution in [3.05, 3.63) is 35.9 Å². The highest BCUT2D eigenvalue weighted by Crippen LogP contribution is 2.10. The van der Waals surface area contributed by atoms with E-state index in [1.165, 1.54) is 0 Å². The summed E-state index contributed by atoms with van der Waals surface area (Å²) in [7, 11) is 0. The summed E-state index contributed by atoms with van der Waals surface area (Å²) in [6.45, 7) is 4.23. The number of benzene rings is 1. The molecule has 2 rings (SSSR count). The highest BCUT2D eigenvalue weighted by atomic mass is 16.4. The Labute approximate surface area is 204 Å². The second-order valence-electron chi connectivity index (χ2n) is 9.03. The number of aliphatic carboxylic acids is 1. The van der Waals surface area contributed by atoms with Gasteiger partial charge in [-0.3, -0.25) is 19.2 Å². The number of nitrogens with two attached hydrogens (primary N) is 1. The number of rotatable bonds is 13. The Morgan fingerprint density at radius 1 is 1.03 bits per heavy atom. The summed E-state index contributed by atoms with van der Waals surface area (Å²) in [5, 5.41) is 20.4. The predicted molar refractivity (Wildman–Crippen MR) is 128 cm³/mol. The molecule has 4 unspecified atom stereocenters. The summed E-state index contributed by atoms with van der Waals surface area (Å²) in [6.07, 6.45) is 1.25. The van der Waals surface area contributed by atoms with E-state index in [0.717, 1.165) is 13.0 Å². The molecule has 11 nitrogen and oxygen atoms in total. The van der Waals surface area contributed by atoms with Gasteiger partial charge >= 0.3 is 5.97 Å². The van der Waals surface area contributed by atoms with E-state index in [1.54, 1.807) is 44.2 Å². The number of carbonyl (C=O) groups excluding carboxylic acids is 4. The molecule has 1 aromatic rings. The minimum atomic E-state index is -1.24. The second kappa shape index (κ2) is 13.4. The van der Waals surface area contributed by atoms with Crippen LogP contribution in [-0.4, -0.2) is 65.4 Å². The van der Waals surface area contributed by atoms with Gasteiger partial charge in [-0.2, -0.15) is 0 Å². The zero-order chi connectivity index (χ0) is 26.0. The number of carboxylic acid groups (broad SMARTS) is 1. The normalized spacial score (nSPS) is 17.7. The molecule has 1 aliphatic heterocycles. The highest BCUT2D eigenvalue weighted by molar-refractivity contribution is 5.94. The number of nitrogens with one attached hydrogen (secondary N) is 4. The molecule has 4 amide bonds. The van der Waals surface area contributed by atoms with Gasteiger partial charge in [-0.1, -0.05) is 44.2 Å². The minimum absolute atomic E-state index is 0.0392. The largest absolute Gasteiger partial charge is 0.480 e. The molecule has 1 aliphatic rings. The van der Waals surface area contributed by atoms with Crippen LogP contribution in [0.15, 0.2) is 30.3 Å². The van der Waals surface area contributed by atoms with E-state index in [2.05, 4.69) is 21.3 Å². The Morgan fingerprint density at radius 3 is 2.23 bits per heavy atom. The van der Waals surface area contributed by atoms with Crippen molar-refractivity contribution in [2.75, 3.05) is 6.54 Å². The zero-order valence-corrected chi connectivity index (χ0v) is 20.1. The van der Waals surface area contributed by atoms with Crippen LogP contribution in [0.4, 0.5) is 0 Å². The first-order valence-electron chi connectivity index (χ1n) is 11.8. The monoisotopic (exact) mass is 489 g/mol. The molecule has 192 valence electrons. The molecule has 4 atom stereocenters. The maximum atomic E-state index is 13.0. The third kappa shape index (κ3) is 9.01. The van der Waals surface area contributed by atoms with E-state index in [9.17, 15) is 29.1 Å². The lowest BCUT2D eigenvalue weighted by Crippen LogP contribution is -2.58. The van der Waals surface area contributed by atoms with Crippen LogP contribution in [0.25, 0.3) is 0 Å². The fourth-order valence-corrected chi connectivity index (χ4v) is 3.84. The Kier molecular flexibility index (Phi) is 10.7. The van der Waals surface area contributed by atoms with Gasteiger partial charge in [0, 0.05) is 12.8 Å². The van der Waals surface area contributed by atoms with Gasteiger partial charge in [0.2, 0.25) is 23.6 Å². The highest BCUT2D eigenvalue weighted by Gasteiger charge is 2.33. The van der Waals surface area contributed by atoms with Crippen molar-refractivity contribution in [2.45, 2.75) is 70.1 Å². The SMILES string of the molecule is CC(C)C(NC(=O)C1CCCN1)C(=O)NC(CCC(N)=O)C(=O)NC(Cc1ccccc1)C(=O)O. The zero-order valence-electron chi connectivity index (χ0n) is 20.1. The number of hydrogen-bond donors (Lipinski definition) is 6. The molecule has 1 aromatic carbocycles. The number of carbonyl (C=O) groups is 5. The number of carboxylic acids is 1. The average molecular weight is 490 g/mol. The molecule has 1 saturated heterocycles. The molecule has 0 radical (unpaired) electrons. The molecule has 0 aromatic heterocycles. The molecule has 11 heteroatoms. The lowest BCUT2D eigenvalue weighted by atomic mass is 10.0. The van der Waals surface area contributed by atoms with Crippen molar-refractivity contribution in [1.82, 2.24) is 21.3 Å². The van der Waals surface area contributed by atoms with Crippen LogP contribution in [0.1, 0.15) is 45.1 Å². The predicted octanol–water partition coefficient (Wildman–Crippen LogP) is -0.558. The van der Waals surface area contributed by atoms with Gasteiger partial charge in [0.05, 0.1) is 6.04 Å². The fourth-order valence-electron chi connectivity index (χ4n) is 3.84. The van der Waals surface area contributed by atoms with Crippen LogP contribution in [0, 0.1) is 5.92 Å². The van der Waals surface area contributed by atoms with E-state index in [1.807, 2.05) is 0 Å². The van der Waals surface area contributed by atoms with E-state index >= 15 is 0 Å². The van der Waals surface area contributed by atoms with Gasteiger partial charge in [0.15, 0.2) is 0 Å². The van der Waals surface area contributed by atoms with Crippen molar-refractivity contribution in [2.24, 2.45) is 11.7 Å². The van der Waals surface area contributed by atoms with Crippen molar-refractivity contribution in [3.8, 4) is 0 Å². The van der Waals surface area contributed by atoms with Crippen molar-refractivity contribution in [1.29, 1.82) is 0 Å². The molecule has 0 spiro atoms. The quantitative estimate of drug-likeness (QED) is 0.215. The summed E-state index contributed by atoms with van der Waals surface area (Å²) >= 11 is 0. The van der Waals surface area contributed by atoms with Crippen LogP contribution < -0.4 is 27.0 Å². The standard InChI is InChI=1S/C24H35N5O6/c1-14(2)20(29-21(31)16-9-6-12-26-16)23(33)27-17(10-11-19(25)30)22(32)28-18(24(34)35)13-15-7-4-3-5-8-15/h3-5,7-8,14,16-18,20,26H,6,9-13H2,1-2H3,(H2,25,30)(H,27,33)(H,28,32)(H,29,31)(H,34,35). The third-order valence-corrected chi connectivity index (χ3v) is 5.83. The maximum Gasteiger partial charge on any atom is 0.326 e. The Balaban J connectivity index is 2.11. The molecule has 0 aliphatic carbocycles. The van der Waals surface area contributed by atoms with Gasteiger partial charge in [-0.15, -0.1) is 0 Å². The summed E-state index contributed by atoms with van der Waals surface area (Å²) < 4.78 is 0. The average Bonchev–Trinajstić information content (AvgIpc) is 3.34. The fraction of sp³-hybridized carbons (Fsp3) is 0.542. The molecule has 0 bridgehead atoms. The summed E-state index contributed by atoms with van der Waals surface area (Å²) in [5.74, 6) is -3.86. The van der Waals surface area contributed by atoms with E-state index < -0.39 is 41.8 Å². The van der Waals surface area contributed by atoms with Gasteiger partial charge in [-0.25, -0.2) is 4.79 Å². The molecular formula is C24H35N5O6. The molecular weight excluding hydrogens is 454 g/mol. The molecule has 35 heavy (non-hydrogen) atoms. The van der Waals surface area contributed by atoms with Gasteiger partial charge in [-0.05, 0) is 37.3 Å². The number of amides is 4. The van der Waals surface area contributed by atoms with Gasteiger partial charge in [0.1, 0.15) is 18.1 Å². The summed E-state index contributed by atoms with van der Waals surface area (Å²) in [6, 6.07) is 5.02. The van der Waals surface area contributed by atoms with E-state index in [-0.39, 0.29) is 37.1 Å². The molecule has 1 heterocycles. The maximum absolute atomic E-state index is 13.0. The van der Waals surface area contributed by atoms with Crippen LogP contribution in [0.5, 0.6) is 0 Å². The smallest absolute Gasteiger partial charge is 0.326 e. The third-order valence-electron chi connectivity index (χ3n) is 5.83. The van der Waals surface area contributed by atoms with E-state index in [0.29, 0.717) is 12.0 Å². The Morgan fingerprint density at radius 2 is 1.69 bits per heavy atom. The number of primary amides is 1. The van der Waals surface area contributed by atoms with Crippen molar-refractivity contribution >= 4 is 29.6 Å². The Hall–Kier alpha value is -3.47. The topological polar surface area (TPSA) is 180 Å². The first kappa shape index (κ1) is 27.8. The van der Waals surface area contributed by atoms with Gasteiger partial charge < -0.3 is 32.1 Å². The second-order valence-corrected chi connectivity index (χ2v) is 9.03. The molecule has 7 N–H and O–H groups in total.